The zero-order chi connectivity index (χ0) is 29.8. The van der Waals surface area contributed by atoms with Crippen molar-refractivity contribution in [2.75, 3.05) is 6.61 Å². The van der Waals surface area contributed by atoms with Crippen LogP contribution in [0.15, 0.2) is 112 Å². The van der Waals surface area contributed by atoms with Gasteiger partial charge in [0.05, 0.1) is 34.0 Å². The predicted molar refractivity (Wildman–Crippen MR) is 167 cm³/mol. The number of aromatic nitrogens is 1. The number of nitriles is 1. The molecule has 2 aromatic heterocycles. The number of thiazole rings is 1. The normalized spacial score (nSPS) is 14.5. The SMILES string of the molecule is CCOC(=O)C1=C(c2ccccc2)N=c2s/c(=C\c3ccc(OCc4ccc(C#N)cc4)cc3)c(=O)n2[C@H]1c1cccs1. The first kappa shape index (κ1) is 28.1. The first-order chi connectivity index (χ1) is 21.1. The molecule has 0 saturated carbocycles. The molecule has 1 aliphatic heterocycles. The predicted octanol–water partition coefficient (Wildman–Crippen LogP) is 5.45. The van der Waals surface area contributed by atoms with Gasteiger partial charge in [0.1, 0.15) is 18.4 Å². The first-order valence-corrected chi connectivity index (χ1v) is 15.3. The summed E-state index contributed by atoms with van der Waals surface area (Å²) in [7, 11) is 0. The van der Waals surface area contributed by atoms with Crippen LogP contribution < -0.4 is 19.6 Å². The highest BCUT2D eigenvalue weighted by Gasteiger charge is 2.35. The van der Waals surface area contributed by atoms with E-state index in [1.807, 2.05) is 90.3 Å². The van der Waals surface area contributed by atoms with Gasteiger partial charge < -0.3 is 9.47 Å². The van der Waals surface area contributed by atoms with Crippen LogP contribution in [-0.2, 0) is 16.1 Å². The van der Waals surface area contributed by atoms with E-state index in [2.05, 4.69) is 6.07 Å². The number of benzene rings is 3. The summed E-state index contributed by atoms with van der Waals surface area (Å²) in [6.07, 6.45) is 1.83. The second-order valence-corrected chi connectivity index (χ2v) is 11.6. The zero-order valence-electron chi connectivity index (χ0n) is 23.1. The Bertz CT molecular complexity index is 2020. The lowest BCUT2D eigenvalue weighted by atomic mass is 9.97. The fourth-order valence-corrected chi connectivity index (χ4v) is 6.63. The molecule has 0 spiro atoms. The fourth-order valence-electron chi connectivity index (χ4n) is 4.81. The molecule has 0 saturated heterocycles. The second-order valence-electron chi connectivity index (χ2n) is 9.61. The number of hydrogen-bond donors (Lipinski definition) is 0. The quantitative estimate of drug-likeness (QED) is 0.220. The Morgan fingerprint density at radius 3 is 2.47 bits per heavy atom. The van der Waals surface area contributed by atoms with Gasteiger partial charge in [0.25, 0.3) is 5.56 Å². The van der Waals surface area contributed by atoms with Gasteiger partial charge in [-0.25, -0.2) is 9.79 Å². The number of ether oxygens (including phenoxy) is 2. The maximum absolute atomic E-state index is 13.9. The number of carbonyl (C=O) groups excluding carboxylic acids is 1. The van der Waals surface area contributed by atoms with Crippen molar-refractivity contribution in [3.05, 3.63) is 149 Å². The Balaban J connectivity index is 1.38. The number of hydrogen-bond acceptors (Lipinski definition) is 8. The van der Waals surface area contributed by atoms with E-state index in [4.69, 9.17) is 19.7 Å². The van der Waals surface area contributed by atoms with E-state index >= 15 is 0 Å². The fraction of sp³-hybridized carbons (Fsp3) is 0.118. The standard InChI is InChI=1S/C34H25N3O4S2/c1-2-40-33(39)29-30(25-7-4-3-5-8-25)36-34-37(31(29)27-9-6-18-42-27)32(38)28(43-34)19-22-14-16-26(17-15-22)41-21-24-12-10-23(20-35)11-13-24/h3-19,31H,2,21H2,1H3/b28-19-/t31-/m0/s1. The minimum Gasteiger partial charge on any atom is -0.489 e. The molecule has 0 N–H and O–H groups in total. The maximum Gasteiger partial charge on any atom is 0.338 e. The van der Waals surface area contributed by atoms with Crippen LogP contribution in [0.25, 0.3) is 11.8 Å². The first-order valence-electron chi connectivity index (χ1n) is 13.6. The number of thiophene rings is 1. The molecule has 0 aliphatic carbocycles. The topological polar surface area (TPSA) is 93.7 Å². The molecule has 6 rings (SSSR count). The van der Waals surface area contributed by atoms with E-state index in [1.54, 1.807) is 23.6 Å². The van der Waals surface area contributed by atoms with Crippen molar-refractivity contribution in [2.45, 2.75) is 19.6 Å². The lowest BCUT2D eigenvalue weighted by molar-refractivity contribution is -0.138. The lowest BCUT2D eigenvalue weighted by Crippen LogP contribution is -2.39. The largest absolute Gasteiger partial charge is 0.489 e. The van der Waals surface area contributed by atoms with Gasteiger partial charge in [-0.2, -0.15) is 5.26 Å². The third-order valence-electron chi connectivity index (χ3n) is 6.85. The van der Waals surface area contributed by atoms with Crippen LogP contribution in [0, 0.1) is 11.3 Å². The summed E-state index contributed by atoms with van der Waals surface area (Å²) < 4.78 is 13.5. The summed E-state index contributed by atoms with van der Waals surface area (Å²) in [6.45, 7) is 2.34. The molecule has 0 radical (unpaired) electrons. The third kappa shape index (κ3) is 5.84. The number of esters is 1. The van der Waals surface area contributed by atoms with Gasteiger partial charge in [0.15, 0.2) is 4.80 Å². The molecule has 1 atom stereocenters. The molecular weight excluding hydrogens is 579 g/mol. The molecule has 212 valence electrons. The van der Waals surface area contributed by atoms with E-state index in [0.29, 0.717) is 38.5 Å². The molecule has 7 nitrogen and oxygen atoms in total. The summed E-state index contributed by atoms with van der Waals surface area (Å²) in [5.74, 6) is 0.196. The van der Waals surface area contributed by atoms with E-state index in [1.165, 1.54) is 22.7 Å². The van der Waals surface area contributed by atoms with Crippen LogP contribution in [0.3, 0.4) is 0 Å². The van der Waals surface area contributed by atoms with Crippen LogP contribution in [0.1, 0.15) is 40.1 Å². The van der Waals surface area contributed by atoms with E-state index in [0.717, 1.165) is 21.6 Å². The Kier molecular flexibility index (Phi) is 8.13. The van der Waals surface area contributed by atoms with Gasteiger partial charge in [-0.3, -0.25) is 9.36 Å². The second kappa shape index (κ2) is 12.4. The molecular formula is C34H25N3O4S2. The highest BCUT2D eigenvalue weighted by atomic mass is 32.1. The number of fused-ring (bicyclic) bond motifs is 1. The van der Waals surface area contributed by atoms with E-state index in [9.17, 15) is 9.59 Å². The van der Waals surface area contributed by atoms with Crippen molar-refractivity contribution in [3.63, 3.8) is 0 Å². The smallest absolute Gasteiger partial charge is 0.338 e. The van der Waals surface area contributed by atoms with Gasteiger partial charge in [-0.15, -0.1) is 11.3 Å². The van der Waals surface area contributed by atoms with Gasteiger partial charge in [0.2, 0.25) is 0 Å². The van der Waals surface area contributed by atoms with Crippen molar-refractivity contribution < 1.29 is 14.3 Å². The van der Waals surface area contributed by atoms with Gasteiger partial charge in [-0.05, 0) is 59.8 Å². The van der Waals surface area contributed by atoms with Crippen LogP contribution in [0.5, 0.6) is 5.75 Å². The zero-order valence-corrected chi connectivity index (χ0v) is 24.7. The van der Waals surface area contributed by atoms with Crippen LogP contribution in [-0.4, -0.2) is 17.1 Å². The van der Waals surface area contributed by atoms with Gasteiger partial charge in [0, 0.05) is 10.4 Å². The molecule has 1 aliphatic rings. The Hall–Kier alpha value is -5.04. The summed E-state index contributed by atoms with van der Waals surface area (Å²) in [5, 5.41) is 10.9. The van der Waals surface area contributed by atoms with E-state index in [-0.39, 0.29) is 12.2 Å². The Morgan fingerprint density at radius 2 is 1.79 bits per heavy atom. The van der Waals surface area contributed by atoms with Crippen molar-refractivity contribution in [1.82, 2.24) is 4.57 Å². The van der Waals surface area contributed by atoms with Crippen molar-refractivity contribution in [3.8, 4) is 11.8 Å². The Labute approximate surface area is 255 Å². The van der Waals surface area contributed by atoms with Crippen LogP contribution in [0.4, 0.5) is 0 Å². The van der Waals surface area contributed by atoms with Crippen molar-refractivity contribution in [1.29, 1.82) is 5.26 Å². The molecule has 3 heterocycles. The van der Waals surface area contributed by atoms with Crippen LogP contribution in [0.2, 0.25) is 0 Å². The minimum absolute atomic E-state index is 0.208. The monoisotopic (exact) mass is 603 g/mol. The van der Waals surface area contributed by atoms with E-state index < -0.39 is 12.0 Å². The Morgan fingerprint density at radius 1 is 1.02 bits per heavy atom. The molecule has 5 aromatic rings. The molecule has 43 heavy (non-hydrogen) atoms. The molecule has 0 amide bonds. The van der Waals surface area contributed by atoms with Gasteiger partial charge >= 0.3 is 5.97 Å². The van der Waals surface area contributed by atoms with Crippen molar-refractivity contribution >= 4 is 40.4 Å². The number of nitrogens with zero attached hydrogens (tertiary/aromatic N) is 3. The van der Waals surface area contributed by atoms with Crippen molar-refractivity contribution in [2.24, 2.45) is 4.99 Å². The molecule has 0 bridgehead atoms. The molecule has 0 unspecified atom stereocenters. The average molecular weight is 604 g/mol. The highest BCUT2D eigenvalue weighted by molar-refractivity contribution is 7.10. The average Bonchev–Trinajstić information content (AvgIpc) is 3.69. The number of rotatable bonds is 8. The lowest BCUT2D eigenvalue weighted by Gasteiger charge is -2.24. The van der Waals surface area contributed by atoms with Gasteiger partial charge in [-0.1, -0.05) is 72.0 Å². The minimum atomic E-state index is -0.661. The van der Waals surface area contributed by atoms with Crippen LogP contribution >= 0.6 is 22.7 Å². The number of carbonyl (C=O) groups is 1. The molecule has 9 heteroatoms. The summed E-state index contributed by atoms with van der Waals surface area (Å²) in [5.41, 5.74) is 3.80. The third-order valence-corrected chi connectivity index (χ3v) is 8.76. The summed E-state index contributed by atoms with van der Waals surface area (Å²) in [6, 6.07) is 29.5. The maximum atomic E-state index is 13.9. The molecule has 3 aromatic carbocycles. The summed E-state index contributed by atoms with van der Waals surface area (Å²) >= 11 is 2.77. The molecule has 0 fully saturated rings. The summed E-state index contributed by atoms with van der Waals surface area (Å²) in [4.78, 5) is 33.6. The highest BCUT2D eigenvalue weighted by Crippen LogP contribution is 2.36.